The monoisotopic (exact) mass is 351 g/mol. The van der Waals surface area contributed by atoms with Crippen LogP contribution in [0.1, 0.15) is 23.1 Å². The Morgan fingerprint density at radius 1 is 0.882 bits per heavy atom. The zero-order valence-corrected chi connectivity index (χ0v) is 13.2. The maximum Gasteiger partial charge on any atom is 0.216 e. The average Bonchev–Trinajstić information content (AvgIpc) is 2.15. The molecule has 0 atom stereocenters. The Morgan fingerprint density at radius 2 is 1.29 bits per heavy atom. The second-order valence-electron chi connectivity index (χ2n) is 3.43. The number of rotatable bonds is 2. The van der Waals surface area contributed by atoms with Gasteiger partial charge in [-0.15, -0.1) is 0 Å². The molecule has 0 aliphatic rings. The molecular weight excluding hydrogens is 345 g/mol. The zero-order valence-electron chi connectivity index (χ0n) is 8.62. The highest BCUT2D eigenvalue weighted by atomic mass is 35.6. The zero-order chi connectivity index (χ0) is 13.3. The highest BCUT2D eigenvalue weighted by Gasteiger charge is 2.32. The van der Waals surface area contributed by atoms with Crippen molar-refractivity contribution in [3.8, 4) is 0 Å². The van der Waals surface area contributed by atoms with Crippen molar-refractivity contribution in [1.82, 2.24) is 0 Å². The lowest BCUT2D eigenvalue weighted by Gasteiger charge is -2.22. The van der Waals surface area contributed by atoms with Crippen LogP contribution in [0.15, 0.2) is 18.2 Å². The van der Waals surface area contributed by atoms with E-state index in [0.29, 0.717) is 24.0 Å². The standard InChI is InChI=1S/C11H9Cl6/c1-2-4-7-8(10(12,13)14)5-3-6-9(7)11(15,16)17/h3,5-6H,1-2,4H2. The van der Waals surface area contributed by atoms with Gasteiger partial charge < -0.3 is 0 Å². The van der Waals surface area contributed by atoms with E-state index in [4.69, 9.17) is 69.6 Å². The molecule has 1 aromatic carbocycles. The summed E-state index contributed by atoms with van der Waals surface area (Å²) in [5.74, 6) is 0. The van der Waals surface area contributed by atoms with Crippen LogP contribution < -0.4 is 0 Å². The van der Waals surface area contributed by atoms with Gasteiger partial charge in [0.05, 0.1) is 0 Å². The van der Waals surface area contributed by atoms with Gasteiger partial charge in [0.1, 0.15) is 0 Å². The van der Waals surface area contributed by atoms with Crippen molar-refractivity contribution >= 4 is 69.6 Å². The van der Waals surface area contributed by atoms with Gasteiger partial charge in [-0.1, -0.05) is 94.7 Å². The van der Waals surface area contributed by atoms with Crippen molar-refractivity contribution in [3.63, 3.8) is 0 Å². The molecule has 0 aromatic heterocycles. The number of hydrogen-bond donors (Lipinski definition) is 0. The minimum Gasteiger partial charge on any atom is -0.0784 e. The molecule has 0 bridgehead atoms. The second kappa shape index (κ2) is 5.94. The third-order valence-electron chi connectivity index (χ3n) is 2.21. The predicted octanol–water partition coefficient (Wildman–Crippen LogP) is 6.11. The summed E-state index contributed by atoms with van der Waals surface area (Å²) in [5.41, 5.74) is 1.77. The molecule has 17 heavy (non-hydrogen) atoms. The SMILES string of the molecule is [CH2]CCc1c(C(Cl)(Cl)Cl)cccc1C(Cl)(Cl)Cl. The van der Waals surface area contributed by atoms with Crippen molar-refractivity contribution < 1.29 is 0 Å². The third-order valence-corrected chi connectivity index (χ3v) is 3.44. The largest absolute Gasteiger partial charge is 0.216 e. The molecule has 0 aliphatic heterocycles. The van der Waals surface area contributed by atoms with Crippen LogP contribution in [-0.2, 0) is 14.0 Å². The van der Waals surface area contributed by atoms with Crippen molar-refractivity contribution in [1.29, 1.82) is 0 Å². The van der Waals surface area contributed by atoms with Crippen molar-refractivity contribution in [2.45, 2.75) is 20.4 Å². The van der Waals surface area contributed by atoms with Gasteiger partial charge in [0, 0.05) is 11.1 Å². The van der Waals surface area contributed by atoms with Crippen LogP contribution in [0, 0.1) is 6.92 Å². The molecule has 0 saturated carbocycles. The van der Waals surface area contributed by atoms with Crippen molar-refractivity contribution in [2.75, 3.05) is 0 Å². The molecule has 0 amide bonds. The lowest BCUT2D eigenvalue weighted by molar-refractivity contribution is 0.938. The van der Waals surface area contributed by atoms with Crippen LogP contribution in [0.2, 0.25) is 0 Å². The van der Waals surface area contributed by atoms with E-state index in [0.717, 1.165) is 5.56 Å². The highest BCUT2D eigenvalue weighted by molar-refractivity contribution is 6.67. The van der Waals surface area contributed by atoms with Crippen molar-refractivity contribution in [2.24, 2.45) is 0 Å². The Balaban J connectivity index is 3.43. The molecular formula is C11H9Cl6. The maximum absolute atomic E-state index is 5.90. The van der Waals surface area contributed by atoms with Gasteiger partial charge in [0.2, 0.25) is 7.59 Å². The fourth-order valence-corrected chi connectivity index (χ4v) is 2.63. The smallest absolute Gasteiger partial charge is 0.0784 e. The first-order valence-corrected chi connectivity index (χ1v) is 7.00. The maximum atomic E-state index is 5.90. The Hall–Kier alpha value is 0.960. The van der Waals surface area contributed by atoms with Gasteiger partial charge in [-0.2, -0.15) is 0 Å². The molecule has 1 radical (unpaired) electrons. The van der Waals surface area contributed by atoms with E-state index < -0.39 is 7.59 Å². The van der Waals surface area contributed by atoms with Crippen LogP contribution in [0.5, 0.6) is 0 Å². The average molecular weight is 354 g/mol. The summed E-state index contributed by atoms with van der Waals surface area (Å²) in [4.78, 5) is 0. The molecule has 0 N–H and O–H groups in total. The lowest BCUT2D eigenvalue weighted by atomic mass is 9.98. The van der Waals surface area contributed by atoms with Gasteiger partial charge in [-0.05, 0) is 18.4 Å². The topological polar surface area (TPSA) is 0 Å². The molecule has 95 valence electrons. The van der Waals surface area contributed by atoms with Crippen molar-refractivity contribution in [3.05, 3.63) is 41.8 Å². The summed E-state index contributed by atoms with van der Waals surface area (Å²) in [6.07, 6.45) is 1.19. The number of halogens is 6. The van der Waals surface area contributed by atoms with Gasteiger partial charge in [0.15, 0.2) is 0 Å². The molecule has 1 aromatic rings. The normalized spacial score (nSPS) is 12.9. The Morgan fingerprint density at radius 3 is 1.59 bits per heavy atom. The van der Waals surface area contributed by atoms with Crippen LogP contribution in [0.25, 0.3) is 0 Å². The fourth-order valence-electron chi connectivity index (χ4n) is 1.56. The van der Waals surface area contributed by atoms with Crippen LogP contribution in [0.3, 0.4) is 0 Å². The summed E-state index contributed by atoms with van der Waals surface area (Å²) < 4.78 is -3.09. The molecule has 0 saturated heterocycles. The predicted molar refractivity (Wildman–Crippen MR) is 78.6 cm³/mol. The van der Waals surface area contributed by atoms with Gasteiger partial charge in [0.25, 0.3) is 0 Å². The Labute approximate surface area is 131 Å². The summed E-state index contributed by atoms with van der Waals surface area (Å²) in [5, 5.41) is 0. The summed E-state index contributed by atoms with van der Waals surface area (Å²) >= 11 is 35.4. The lowest BCUT2D eigenvalue weighted by Crippen LogP contribution is -2.12. The highest BCUT2D eigenvalue weighted by Crippen LogP contribution is 2.46. The molecule has 1 rings (SSSR count). The van der Waals surface area contributed by atoms with E-state index in [2.05, 4.69) is 6.92 Å². The Kier molecular flexibility index (Phi) is 5.60. The van der Waals surface area contributed by atoms with Gasteiger partial charge >= 0.3 is 0 Å². The minimum absolute atomic E-state index is 0.523. The summed E-state index contributed by atoms with van der Waals surface area (Å²) in [7, 11) is 0. The second-order valence-corrected chi connectivity index (χ2v) is 7.99. The van der Waals surface area contributed by atoms with Gasteiger partial charge in [-0.25, -0.2) is 0 Å². The molecule has 0 unspecified atom stereocenters. The molecule has 0 spiro atoms. The first-order chi connectivity index (χ1) is 7.68. The molecule has 0 nitrogen and oxygen atoms in total. The van der Waals surface area contributed by atoms with E-state index in [-0.39, 0.29) is 0 Å². The molecule has 6 heteroatoms. The summed E-state index contributed by atoms with van der Waals surface area (Å²) in [6, 6.07) is 5.11. The molecule has 0 fully saturated rings. The molecule has 0 heterocycles. The van der Waals surface area contributed by atoms with Crippen LogP contribution in [-0.4, -0.2) is 0 Å². The number of hydrogen-bond acceptors (Lipinski definition) is 0. The first kappa shape index (κ1) is 16.0. The first-order valence-electron chi connectivity index (χ1n) is 4.73. The quantitative estimate of drug-likeness (QED) is 0.563. The van der Waals surface area contributed by atoms with E-state index >= 15 is 0 Å². The molecule has 0 aliphatic carbocycles. The van der Waals surface area contributed by atoms with E-state index in [1.165, 1.54) is 0 Å². The van der Waals surface area contributed by atoms with E-state index in [9.17, 15) is 0 Å². The third kappa shape index (κ3) is 4.23. The van der Waals surface area contributed by atoms with E-state index in [1.54, 1.807) is 18.2 Å². The van der Waals surface area contributed by atoms with Crippen LogP contribution in [0.4, 0.5) is 0 Å². The minimum atomic E-state index is -1.55. The van der Waals surface area contributed by atoms with Crippen LogP contribution >= 0.6 is 69.6 Å². The Bertz CT molecular complexity index is 356. The number of alkyl halides is 6. The number of benzene rings is 1. The van der Waals surface area contributed by atoms with E-state index in [1.807, 2.05) is 0 Å². The summed E-state index contributed by atoms with van der Waals surface area (Å²) in [6.45, 7) is 3.77. The van der Waals surface area contributed by atoms with Gasteiger partial charge in [-0.3, -0.25) is 0 Å². The fraction of sp³-hybridized carbons (Fsp3) is 0.364.